The molecule has 1 aliphatic carbocycles. The van der Waals surface area contributed by atoms with Gasteiger partial charge in [-0.3, -0.25) is 9.59 Å². The fourth-order valence-corrected chi connectivity index (χ4v) is 5.05. The lowest BCUT2D eigenvalue weighted by atomic mass is 9.72. The number of morpholine rings is 1. The molecule has 0 radical (unpaired) electrons. The van der Waals surface area contributed by atoms with Gasteiger partial charge in [0.25, 0.3) is 11.8 Å². The van der Waals surface area contributed by atoms with Gasteiger partial charge in [0.05, 0.1) is 25.2 Å². The quantitative estimate of drug-likeness (QED) is 0.362. The van der Waals surface area contributed by atoms with Gasteiger partial charge in [-0.25, -0.2) is 13.8 Å². The number of hydrogen-bond donors (Lipinski definition) is 0. The Morgan fingerprint density at radius 1 is 1.15 bits per heavy atom. The summed E-state index contributed by atoms with van der Waals surface area (Å²) < 4.78 is 107. The molecule has 0 bridgehead atoms. The SMILES string of the molecule is C[C@@H](C#N)CC(=O)[C@@H]1CC(F)(F)CC[C@H]1c1oc(C(F)(F)C(F)(F)F)nc1-c1ccc(C(=O)N2CCOCC2)cc1. The minimum absolute atomic E-state index is 0.0135. The van der Waals surface area contributed by atoms with Crippen LogP contribution in [-0.2, 0) is 15.5 Å². The number of Topliss-reactive ketones (excluding diaryl/α,β-unsaturated/α-hetero) is 1. The zero-order chi connectivity index (χ0) is 30.2. The zero-order valence-electron chi connectivity index (χ0n) is 21.8. The van der Waals surface area contributed by atoms with Crippen molar-refractivity contribution in [2.45, 2.75) is 56.5 Å². The maximum absolute atomic E-state index is 14.4. The smallest absolute Gasteiger partial charge is 0.439 e. The number of alkyl halides is 7. The van der Waals surface area contributed by atoms with Crippen LogP contribution in [0, 0.1) is 23.2 Å². The lowest BCUT2D eigenvalue weighted by molar-refractivity contribution is -0.297. The molecule has 1 aliphatic heterocycles. The van der Waals surface area contributed by atoms with Gasteiger partial charge in [0, 0.05) is 55.3 Å². The number of ether oxygens (including phenoxy) is 1. The van der Waals surface area contributed by atoms with E-state index in [1.54, 1.807) is 0 Å². The number of hydrogen-bond acceptors (Lipinski definition) is 6. The number of rotatable bonds is 7. The van der Waals surface area contributed by atoms with Crippen LogP contribution in [0.4, 0.5) is 30.7 Å². The first-order chi connectivity index (χ1) is 19.1. The van der Waals surface area contributed by atoms with E-state index in [2.05, 4.69) is 4.98 Å². The van der Waals surface area contributed by atoms with Crippen molar-refractivity contribution in [2.75, 3.05) is 26.3 Å². The predicted molar refractivity (Wildman–Crippen MR) is 128 cm³/mol. The number of nitrogens with zero attached hydrogens (tertiary/aromatic N) is 3. The summed E-state index contributed by atoms with van der Waals surface area (Å²) in [5.74, 6) is -16.1. The highest BCUT2D eigenvalue weighted by Gasteiger charge is 2.63. The number of nitriles is 1. The predicted octanol–water partition coefficient (Wildman–Crippen LogP) is 6.11. The monoisotopic (exact) mass is 589 g/mol. The molecule has 1 saturated heterocycles. The number of carbonyl (C=O) groups excluding carboxylic acids is 2. The highest BCUT2D eigenvalue weighted by atomic mass is 19.4. The molecule has 14 heteroatoms. The molecule has 2 aliphatic rings. The number of benzene rings is 1. The van der Waals surface area contributed by atoms with E-state index in [4.69, 9.17) is 14.4 Å². The van der Waals surface area contributed by atoms with E-state index in [1.807, 2.05) is 6.07 Å². The molecule has 41 heavy (non-hydrogen) atoms. The Bertz CT molecular complexity index is 1310. The molecule has 1 aromatic carbocycles. The lowest BCUT2D eigenvalue weighted by Gasteiger charge is -2.34. The van der Waals surface area contributed by atoms with E-state index in [-0.39, 0.29) is 17.0 Å². The lowest BCUT2D eigenvalue weighted by Crippen LogP contribution is -2.40. The Kier molecular flexibility index (Phi) is 8.50. The van der Waals surface area contributed by atoms with E-state index in [1.165, 1.54) is 36.1 Å². The van der Waals surface area contributed by atoms with Crippen LogP contribution in [0.25, 0.3) is 11.3 Å². The molecule has 0 unspecified atom stereocenters. The van der Waals surface area contributed by atoms with Crippen molar-refractivity contribution >= 4 is 11.7 Å². The molecule has 7 nitrogen and oxygen atoms in total. The standard InChI is InChI=1S/C27H26F7N3O4/c1-15(14-35)12-20(38)19-13-25(28,29)7-6-18(19)22-21(36-24(41-22)26(30,31)27(32,33)34)16-2-4-17(5-3-16)23(39)37-8-10-40-11-9-37/h2-5,15,18-19H,6-13H2,1H3/t15-,18-,19-/m1/s1. The van der Waals surface area contributed by atoms with Crippen molar-refractivity contribution in [3.8, 4) is 17.3 Å². The Morgan fingerprint density at radius 3 is 2.37 bits per heavy atom. The van der Waals surface area contributed by atoms with Gasteiger partial charge in [-0.1, -0.05) is 12.1 Å². The van der Waals surface area contributed by atoms with E-state index in [9.17, 15) is 40.3 Å². The van der Waals surface area contributed by atoms with Crippen LogP contribution in [0.5, 0.6) is 0 Å². The largest absolute Gasteiger partial charge is 0.463 e. The van der Waals surface area contributed by atoms with Crippen molar-refractivity contribution in [3.05, 3.63) is 41.5 Å². The molecule has 0 N–H and O–H groups in total. The average Bonchev–Trinajstić information content (AvgIpc) is 3.38. The van der Waals surface area contributed by atoms with Crippen molar-refractivity contribution in [1.82, 2.24) is 9.88 Å². The molecular formula is C27H26F7N3O4. The highest BCUT2D eigenvalue weighted by molar-refractivity contribution is 5.94. The van der Waals surface area contributed by atoms with Crippen LogP contribution < -0.4 is 0 Å². The summed E-state index contributed by atoms with van der Waals surface area (Å²) in [4.78, 5) is 30.8. The Balaban J connectivity index is 1.77. The second kappa shape index (κ2) is 11.4. The maximum atomic E-state index is 14.4. The first-order valence-electron chi connectivity index (χ1n) is 12.9. The molecule has 1 saturated carbocycles. The number of carbonyl (C=O) groups is 2. The van der Waals surface area contributed by atoms with Gasteiger partial charge in [0.15, 0.2) is 0 Å². The van der Waals surface area contributed by atoms with Crippen molar-refractivity contribution in [2.24, 2.45) is 11.8 Å². The molecule has 2 fully saturated rings. The van der Waals surface area contributed by atoms with Gasteiger partial charge >= 0.3 is 12.1 Å². The van der Waals surface area contributed by atoms with E-state index in [0.29, 0.717) is 26.3 Å². The summed E-state index contributed by atoms with van der Waals surface area (Å²) >= 11 is 0. The third kappa shape index (κ3) is 6.39. The van der Waals surface area contributed by atoms with Crippen LogP contribution in [0.2, 0.25) is 0 Å². The summed E-state index contributed by atoms with van der Waals surface area (Å²) in [6, 6.07) is 7.03. The summed E-state index contributed by atoms with van der Waals surface area (Å²) in [7, 11) is 0. The molecule has 1 amide bonds. The third-order valence-corrected chi connectivity index (χ3v) is 7.29. The number of ketones is 1. The van der Waals surface area contributed by atoms with Gasteiger partial charge in [-0.15, -0.1) is 0 Å². The second-order valence-electron chi connectivity index (χ2n) is 10.3. The van der Waals surface area contributed by atoms with Crippen LogP contribution in [0.3, 0.4) is 0 Å². The zero-order valence-corrected chi connectivity index (χ0v) is 21.8. The number of aromatic nitrogens is 1. The van der Waals surface area contributed by atoms with Crippen molar-refractivity contribution < 1.29 is 49.5 Å². The van der Waals surface area contributed by atoms with Gasteiger partial charge in [0.2, 0.25) is 5.92 Å². The normalized spacial score (nSPS) is 22.2. The Labute approximate surface area is 230 Å². The number of halogens is 7. The van der Waals surface area contributed by atoms with E-state index in [0.717, 1.165) is 0 Å². The van der Waals surface area contributed by atoms with Gasteiger partial charge in [0.1, 0.15) is 17.2 Å². The van der Waals surface area contributed by atoms with Crippen LogP contribution in [-0.4, -0.2) is 60.0 Å². The van der Waals surface area contributed by atoms with Gasteiger partial charge < -0.3 is 14.1 Å². The van der Waals surface area contributed by atoms with Crippen LogP contribution >= 0.6 is 0 Å². The molecule has 4 rings (SSSR count). The number of oxazole rings is 1. The first-order valence-corrected chi connectivity index (χ1v) is 12.9. The molecule has 2 aromatic rings. The van der Waals surface area contributed by atoms with Gasteiger partial charge in [-0.2, -0.15) is 27.2 Å². The van der Waals surface area contributed by atoms with Gasteiger partial charge in [-0.05, 0) is 25.5 Å². The molecule has 3 atom stereocenters. The summed E-state index contributed by atoms with van der Waals surface area (Å²) in [5, 5.41) is 9.07. The fourth-order valence-electron chi connectivity index (χ4n) is 5.05. The van der Waals surface area contributed by atoms with Crippen molar-refractivity contribution in [3.63, 3.8) is 0 Å². The number of amides is 1. The Hall–Kier alpha value is -3.47. The molecule has 0 spiro atoms. The summed E-state index contributed by atoms with van der Waals surface area (Å²) in [6.45, 7) is 2.77. The minimum atomic E-state index is -6.07. The molecule has 1 aromatic heterocycles. The average molecular weight is 590 g/mol. The summed E-state index contributed by atoms with van der Waals surface area (Å²) in [6.07, 6.45) is -8.71. The van der Waals surface area contributed by atoms with E-state index >= 15 is 0 Å². The van der Waals surface area contributed by atoms with Crippen molar-refractivity contribution in [1.29, 1.82) is 5.26 Å². The fraction of sp³-hybridized carbons (Fsp3) is 0.556. The highest BCUT2D eigenvalue weighted by Crippen LogP contribution is 2.51. The molecule has 2 heterocycles. The summed E-state index contributed by atoms with van der Waals surface area (Å²) in [5.41, 5.74) is -0.284. The third-order valence-electron chi connectivity index (χ3n) is 7.29. The van der Waals surface area contributed by atoms with Crippen LogP contribution in [0.15, 0.2) is 28.7 Å². The first kappa shape index (κ1) is 30.5. The molecule has 222 valence electrons. The van der Waals surface area contributed by atoms with E-state index < -0.39 is 84.6 Å². The maximum Gasteiger partial charge on any atom is 0.463 e. The second-order valence-corrected chi connectivity index (χ2v) is 10.3. The van der Waals surface area contributed by atoms with Crippen LogP contribution in [0.1, 0.15) is 60.5 Å². The molecular weight excluding hydrogens is 563 g/mol. The Morgan fingerprint density at radius 2 is 1.78 bits per heavy atom. The minimum Gasteiger partial charge on any atom is -0.439 e. The topological polar surface area (TPSA) is 96.4 Å².